The molecule has 1 amide bonds. The Hall–Kier alpha value is -1.94. The molecule has 140 valence electrons. The first-order valence-electron chi connectivity index (χ1n) is 8.10. The molecule has 25 heavy (non-hydrogen) atoms. The van der Waals surface area contributed by atoms with E-state index in [2.05, 4.69) is 15.2 Å². The van der Waals surface area contributed by atoms with E-state index in [1.54, 1.807) is 0 Å². The summed E-state index contributed by atoms with van der Waals surface area (Å²) in [5.74, 6) is -1.48. The Kier molecular flexibility index (Phi) is 5.83. The second-order valence-corrected chi connectivity index (χ2v) is 8.04. The van der Waals surface area contributed by atoms with Gasteiger partial charge in [0.15, 0.2) is 5.76 Å². The predicted molar refractivity (Wildman–Crippen MR) is 87.3 cm³/mol. The third kappa shape index (κ3) is 4.57. The van der Waals surface area contributed by atoms with Crippen molar-refractivity contribution in [2.24, 2.45) is 5.92 Å². The molecule has 1 saturated carbocycles. The monoisotopic (exact) mass is 373 g/mol. The summed E-state index contributed by atoms with van der Waals surface area (Å²) < 4.78 is 32.0. The zero-order chi connectivity index (χ0) is 18.8. The van der Waals surface area contributed by atoms with Crippen LogP contribution in [0.5, 0.6) is 0 Å². The number of aromatic nitrogens is 1. The SMILES string of the molecule is Cc1noc(C)c1S(=O)(=O)NC(C)C(=O)NC1CCC(C(=O)O)CC1. The molecule has 0 spiro atoms. The smallest absolute Gasteiger partial charge is 0.306 e. The third-order valence-corrected chi connectivity index (χ3v) is 6.17. The van der Waals surface area contributed by atoms with Gasteiger partial charge in [-0.3, -0.25) is 9.59 Å². The van der Waals surface area contributed by atoms with E-state index in [-0.39, 0.29) is 28.3 Å². The summed E-state index contributed by atoms with van der Waals surface area (Å²) in [6.07, 6.45) is 2.12. The van der Waals surface area contributed by atoms with Crippen molar-refractivity contribution in [3.63, 3.8) is 0 Å². The van der Waals surface area contributed by atoms with Gasteiger partial charge in [-0.15, -0.1) is 0 Å². The zero-order valence-electron chi connectivity index (χ0n) is 14.4. The van der Waals surface area contributed by atoms with E-state index in [4.69, 9.17) is 9.63 Å². The minimum Gasteiger partial charge on any atom is -0.481 e. The van der Waals surface area contributed by atoms with Crippen LogP contribution in [0.15, 0.2) is 9.42 Å². The Morgan fingerprint density at radius 2 is 1.84 bits per heavy atom. The molecular weight excluding hydrogens is 350 g/mol. The molecule has 9 nitrogen and oxygen atoms in total. The molecule has 2 rings (SSSR count). The van der Waals surface area contributed by atoms with Crippen molar-refractivity contribution in [3.8, 4) is 0 Å². The summed E-state index contributed by atoms with van der Waals surface area (Å²) in [5, 5.41) is 15.4. The molecule has 0 aliphatic heterocycles. The van der Waals surface area contributed by atoms with Crippen LogP contribution >= 0.6 is 0 Å². The van der Waals surface area contributed by atoms with Gasteiger partial charge in [0, 0.05) is 6.04 Å². The summed E-state index contributed by atoms with van der Waals surface area (Å²) in [7, 11) is -3.93. The maximum atomic E-state index is 12.4. The molecule has 1 heterocycles. The van der Waals surface area contributed by atoms with Crippen molar-refractivity contribution in [3.05, 3.63) is 11.5 Å². The molecule has 1 aromatic rings. The van der Waals surface area contributed by atoms with Gasteiger partial charge >= 0.3 is 5.97 Å². The number of carbonyl (C=O) groups is 2. The molecule has 3 N–H and O–H groups in total. The van der Waals surface area contributed by atoms with Crippen LogP contribution in [0.2, 0.25) is 0 Å². The van der Waals surface area contributed by atoms with E-state index in [0.29, 0.717) is 25.7 Å². The van der Waals surface area contributed by atoms with Crippen molar-refractivity contribution < 1.29 is 27.6 Å². The predicted octanol–water partition coefficient (Wildman–Crippen LogP) is 0.718. The molecule has 1 fully saturated rings. The lowest BCUT2D eigenvalue weighted by molar-refractivity contribution is -0.142. The average molecular weight is 373 g/mol. The fourth-order valence-electron chi connectivity index (χ4n) is 3.01. The Morgan fingerprint density at radius 3 is 2.32 bits per heavy atom. The second kappa shape index (κ2) is 7.52. The first-order valence-corrected chi connectivity index (χ1v) is 9.58. The first kappa shape index (κ1) is 19.4. The lowest BCUT2D eigenvalue weighted by Crippen LogP contribution is -2.49. The van der Waals surface area contributed by atoms with Crippen molar-refractivity contribution in [1.82, 2.24) is 15.2 Å². The third-order valence-electron chi connectivity index (χ3n) is 4.38. The molecular formula is C15H23N3O6S. The highest BCUT2D eigenvalue weighted by Gasteiger charge is 2.30. The van der Waals surface area contributed by atoms with E-state index in [1.165, 1.54) is 20.8 Å². The van der Waals surface area contributed by atoms with Crippen LogP contribution in [0.1, 0.15) is 44.1 Å². The van der Waals surface area contributed by atoms with Gasteiger partial charge in [0.25, 0.3) is 0 Å². The topological polar surface area (TPSA) is 139 Å². The Balaban J connectivity index is 1.94. The molecule has 0 bridgehead atoms. The number of nitrogens with one attached hydrogen (secondary N) is 2. The van der Waals surface area contributed by atoms with Crippen molar-refractivity contribution in [1.29, 1.82) is 0 Å². The van der Waals surface area contributed by atoms with Gasteiger partial charge in [0.05, 0.1) is 12.0 Å². The molecule has 1 aromatic heterocycles. The van der Waals surface area contributed by atoms with Gasteiger partial charge in [0.1, 0.15) is 10.6 Å². The van der Waals surface area contributed by atoms with Crippen LogP contribution in [0.4, 0.5) is 0 Å². The van der Waals surface area contributed by atoms with Crippen molar-refractivity contribution in [2.75, 3.05) is 0 Å². The van der Waals surface area contributed by atoms with Crippen LogP contribution in [0.25, 0.3) is 0 Å². The number of sulfonamides is 1. The zero-order valence-corrected chi connectivity index (χ0v) is 15.2. The number of amides is 1. The van der Waals surface area contributed by atoms with E-state index >= 15 is 0 Å². The molecule has 0 radical (unpaired) electrons. The number of carbonyl (C=O) groups excluding carboxylic acids is 1. The Bertz CT molecular complexity index is 730. The minimum atomic E-state index is -3.93. The number of nitrogens with zero attached hydrogens (tertiary/aromatic N) is 1. The van der Waals surface area contributed by atoms with Gasteiger partial charge in [-0.1, -0.05) is 5.16 Å². The lowest BCUT2D eigenvalue weighted by atomic mass is 9.86. The molecule has 0 saturated heterocycles. The molecule has 10 heteroatoms. The molecule has 1 aliphatic rings. The lowest BCUT2D eigenvalue weighted by Gasteiger charge is -2.28. The fraction of sp³-hybridized carbons (Fsp3) is 0.667. The van der Waals surface area contributed by atoms with Gasteiger partial charge < -0.3 is 14.9 Å². The van der Waals surface area contributed by atoms with Crippen LogP contribution in [-0.2, 0) is 19.6 Å². The highest BCUT2D eigenvalue weighted by Crippen LogP contribution is 2.24. The maximum Gasteiger partial charge on any atom is 0.306 e. The van der Waals surface area contributed by atoms with Gasteiger partial charge in [-0.2, -0.15) is 4.72 Å². The van der Waals surface area contributed by atoms with E-state index in [9.17, 15) is 18.0 Å². The van der Waals surface area contributed by atoms with Crippen molar-refractivity contribution in [2.45, 2.75) is 63.4 Å². The fourth-order valence-corrected chi connectivity index (χ4v) is 4.55. The van der Waals surface area contributed by atoms with E-state index < -0.39 is 27.9 Å². The minimum absolute atomic E-state index is 0.0610. The second-order valence-electron chi connectivity index (χ2n) is 6.39. The Labute approximate surface area is 146 Å². The summed E-state index contributed by atoms with van der Waals surface area (Å²) in [4.78, 5) is 23.1. The number of aryl methyl sites for hydroxylation is 2. The van der Waals surface area contributed by atoms with Crippen LogP contribution < -0.4 is 10.0 Å². The van der Waals surface area contributed by atoms with Gasteiger partial charge in [0.2, 0.25) is 15.9 Å². The number of hydrogen-bond acceptors (Lipinski definition) is 6. The number of hydrogen-bond donors (Lipinski definition) is 3. The van der Waals surface area contributed by atoms with Crippen LogP contribution in [0.3, 0.4) is 0 Å². The summed E-state index contributed by atoms with van der Waals surface area (Å²) in [6, 6.07) is -1.12. The Morgan fingerprint density at radius 1 is 1.24 bits per heavy atom. The first-order chi connectivity index (χ1) is 11.6. The molecule has 1 unspecified atom stereocenters. The average Bonchev–Trinajstić information content (AvgIpc) is 2.87. The van der Waals surface area contributed by atoms with E-state index in [0.717, 1.165) is 0 Å². The molecule has 1 atom stereocenters. The quantitative estimate of drug-likeness (QED) is 0.667. The number of rotatable bonds is 6. The number of aliphatic carboxylic acids is 1. The molecule has 0 aromatic carbocycles. The van der Waals surface area contributed by atoms with Gasteiger partial charge in [-0.25, -0.2) is 8.42 Å². The van der Waals surface area contributed by atoms with Crippen molar-refractivity contribution >= 4 is 21.9 Å². The largest absolute Gasteiger partial charge is 0.481 e. The number of carboxylic acid groups (broad SMARTS) is 1. The normalized spacial score (nSPS) is 22.4. The highest BCUT2D eigenvalue weighted by atomic mass is 32.2. The highest BCUT2D eigenvalue weighted by molar-refractivity contribution is 7.89. The molecule has 1 aliphatic carbocycles. The van der Waals surface area contributed by atoms with Crippen LogP contribution in [0, 0.1) is 19.8 Å². The summed E-state index contributed by atoms with van der Waals surface area (Å²) in [5.41, 5.74) is 0.226. The number of carboxylic acids is 1. The van der Waals surface area contributed by atoms with E-state index in [1.807, 2.05) is 0 Å². The summed E-state index contributed by atoms with van der Waals surface area (Å²) >= 11 is 0. The maximum absolute atomic E-state index is 12.4. The standard InChI is InChI=1S/C15H23N3O6S/c1-8-13(10(3)24-17-8)25(22,23)18-9(2)14(19)16-12-6-4-11(5-7-12)15(20)21/h9,11-12,18H,4-7H2,1-3H3,(H,16,19)(H,20,21). The van der Waals surface area contributed by atoms with Gasteiger partial charge in [-0.05, 0) is 46.5 Å². The van der Waals surface area contributed by atoms with Crippen LogP contribution in [-0.4, -0.2) is 42.6 Å². The summed E-state index contributed by atoms with van der Waals surface area (Å²) in [6.45, 7) is 4.45.